The Bertz CT molecular complexity index is 571. The predicted molar refractivity (Wildman–Crippen MR) is 91.7 cm³/mol. The summed E-state index contributed by atoms with van der Waals surface area (Å²) in [5.41, 5.74) is 2.04. The van der Waals surface area contributed by atoms with Crippen molar-refractivity contribution in [1.82, 2.24) is 10.2 Å². The van der Waals surface area contributed by atoms with Gasteiger partial charge in [0.15, 0.2) is 0 Å². The van der Waals surface area contributed by atoms with Crippen LogP contribution in [0, 0.1) is 0 Å². The second-order valence-electron chi connectivity index (χ2n) is 4.97. The summed E-state index contributed by atoms with van der Waals surface area (Å²) in [6, 6.07) is 12.3. The van der Waals surface area contributed by atoms with Gasteiger partial charge in [-0.05, 0) is 47.6 Å². The first-order chi connectivity index (χ1) is 10.1. The van der Waals surface area contributed by atoms with Crippen molar-refractivity contribution < 1.29 is 4.79 Å². The van der Waals surface area contributed by atoms with Crippen molar-refractivity contribution in [2.75, 3.05) is 20.1 Å². The number of benzene rings is 1. The zero-order valence-corrected chi connectivity index (χ0v) is 14.4. The summed E-state index contributed by atoms with van der Waals surface area (Å²) >= 11 is 4.89. The zero-order chi connectivity index (χ0) is 15.1. The number of carbonyl (C=O) groups is 1. The van der Waals surface area contributed by atoms with E-state index < -0.39 is 0 Å². The van der Waals surface area contributed by atoms with E-state index in [1.54, 1.807) is 0 Å². The molecule has 21 heavy (non-hydrogen) atoms. The van der Waals surface area contributed by atoms with Crippen molar-refractivity contribution in [1.29, 1.82) is 0 Å². The molecule has 0 saturated carbocycles. The standard InChI is InChI=1S/C16H19BrN2OS/c1-19(11-13-6-3-2-4-7-13)9-5-8-18-16(20)14-10-15(17)21-12-14/h2-4,6-7,10,12H,5,8-9,11H2,1H3,(H,18,20). The Balaban J connectivity index is 1.64. The van der Waals surface area contributed by atoms with Gasteiger partial charge in [0.05, 0.1) is 9.35 Å². The van der Waals surface area contributed by atoms with E-state index >= 15 is 0 Å². The lowest BCUT2D eigenvalue weighted by Gasteiger charge is -2.16. The fourth-order valence-corrected chi connectivity index (χ4v) is 3.19. The van der Waals surface area contributed by atoms with E-state index in [0.29, 0.717) is 6.54 Å². The number of rotatable bonds is 7. The summed E-state index contributed by atoms with van der Waals surface area (Å²) in [5, 5.41) is 4.81. The number of thiophene rings is 1. The number of nitrogens with zero attached hydrogens (tertiary/aromatic N) is 1. The summed E-state index contributed by atoms with van der Waals surface area (Å²) in [4.78, 5) is 14.1. The monoisotopic (exact) mass is 366 g/mol. The van der Waals surface area contributed by atoms with Gasteiger partial charge < -0.3 is 10.2 Å². The van der Waals surface area contributed by atoms with Crippen molar-refractivity contribution >= 4 is 33.2 Å². The molecule has 1 amide bonds. The Labute approximate surface area is 138 Å². The molecular weight excluding hydrogens is 348 g/mol. The number of halogens is 1. The van der Waals surface area contributed by atoms with Gasteiger partial charge in [0.2, 0.25) is 0 Å². The maximum atomic E-state index is 11.9. The number of hydrogen-bond donors (Lipinski definition) is 1. The van der Waals surface area contributed by atoms with Crippen molar-refractivity contribution in [2.45, 2.75) is 13.0 Å². The maximum Gasteiger partial charge on any atom is 0.252 e. The van der Waals surface area contributed by atoms with Crippen LogP contribution in [0.5, 0.6) is 0 Å². The van der Waals surface area contributed by atoms with Gasteiger partial charge in [0.1, 0.15) is 0 Å². The minimum atomic E-state index is 0.00247. The van der Waals surface area contributed by atoms with Crippen LogP contribution < -0.4 is 5.32 Å². The predicted octanol–water partition coefficient (Wildman–Crippen LogP) is 3.76. The highest BCUT2D eigenvalue weighted by atomic mass is 79.9. The molecule has 3 nitrogen and oxygen atoms in total. The molecule has 0 spiro atoms. The van der Waals surface area contributed by atoms with Crippen LogP contribution in [0.1, 0.15) is 22.3 Å². The van der Waals surface area contributed by atoms with E-state index in [0.717, 1.165) is 28.9 Å². The quantitative estimate of drug-likeness (QED) is 0.756. The van der Waals surface area contributed by atoms with Gasteiger partial charge in [-0.1, -0.05) is 30.3 Å². The molecule has 0 aliphatic rings. The molecule has 0 saturated heterocycles. The lowest BCUT2D eigenvalue weighted by atomic mass is 10.2. The highest BCUT2D eigenvalue weighted by Crippen LogP contribution is 2.20. The molecule has 1 heterocycles. The third-order valence-electron chi connectivity index (χ3n) is 3.13. The summed E-state index contributed by atoms with van der Waals surface area (Å²) < 4.78 is 0.982. The second kappa shape index (κ2) is 8.32. The Kier molecular flexibility index (Phi) is 6.42. The van der Waals surface area contributed by atoms with Crippen molar-refractivity contribution in [3.05, 3.63) is 56.7 Å². The molecular formula is C16H19BrN2OS. The molecule has 0 aliphatic carbocycles. The molecule has 2 rings (SSSR count). The average Bonchev–Trinajstić information content (AvgIpc) is 2.91. The Hall–Kier alpha value is -1.17. The molecule has 0 radical (unpaired) electrons. The lowest BCUT2D eigenvalue weighted by Crippen LogP contribution is -2.27. The van der Waals surface area contributed by atoms with E-state index in [-0.39, 0.29) is 5.91 Å². The summed E-state index contributed by atoms with van der Waals surface area (Å²) in [5.74, 6) is 0.00247. The zero-order valence-electron chi connectivity index (χ0n) is 12.0. The van der Waals surface area contributed by atoms with Crippen LogP contribution in [0.25, 0.3) is 0 Å². The normalized spacial score (nSPS) is 10.8. The van der Waals surface area contributed by atoms with Crippen molar-refractivity contribution in [3.63, 3.8) is 0 Å². The topological polar surface area (TPSA) is 32.3 Å². The molecule has 1 aromatic carbocycles. The molecule has 0 bridgehead atoms. The third-order valence-corrected chi connectivity index (χ3v) is 4.63. The Morgan fingerprint density at radius 3 is 2.76 bits per heavy atom. The minimum Gasteiger partial charge on any atom is -0.352 e. The van der Waals surface area contributed by atoms with Gasteiger partial charge in [-0.15, -0.1) is 11.3 Å². The highest BCUT2D eigenvalue weighted by molar-refractivity contribution is 9.11. The molecule has 0 fully saturated rings. The van der Waals surface area contributed by atoms with Crippen LogP contribution in [0.3, 0.4) is 0 Å². The maximum absolute atomic E-state index is 11.9. The van der Waals surface area contributed by atoms with E-state index in [4.69, 9.17) is 0 Å². The number of amides is 1. The van der Waals surface area contributed by atoms with Crippen molar-refractivity contribution in [3.8, 4) is 0 Å². The smallest absolute Gasteiger partial charge is 0.252 e. The molecule has 2 aromatic rings. The number of carbonyl (C=O) groups excluding carboxylic acids is 1. The summed E-state index contributed by atoms with van der Waals surface area (Å²) in [7, 11) is 2.10. The Morgan fingerprint density at radius 2 is 2.10 bits per heavy atom. The van der Waals surface area contributed by atoms with Gasteiger partial charge >= 0.3 is 0 Å². The fourth-order valence-electron chi connectivity index (χ4n) is 2.06. The lowest BCUT2D eigenvalue weighted by molar-refractivity contribution is 0.0952. The van der Waals surface area contributed by atoms with Crippen LogP contribution in [0.15, 0.2) is 45.6 Å². The van der Waals surface area contributed by atoms with Gasteiger partial charge in [0.25, 0.3) is 5.91 Å². The van der Waals surface area contributed by atoms with Crippen LogP contribution >= 0.6 is 27.3 Å². The largest absolute Gasteiger partial charge is 0.352 e. The number of hydrogen-bond acceptors (Lipinski definition) is 3. The third kappa shape index (κ3) is 5.61. The fraction of sp³-hybridized carbons (Fsp3) is 0.312. The van der Waals surface area contributed by atoms with Crippen LogP contribution in [0.2, 0.25) is 0 Å². The van der Waals surface area contributed by atoms with Crippen LogP contribution in [-0.4, -0.2) is 30.9 Å². The van der Waals surface area contributed by atoms with Gasteiger partial charge in [0, 0.05) is 18.5 Å². The van der Waals surface area contributed by atoms with E-state index in [2.05, 4.69) is 57.5 Å². The average molecular weight is 367 g/mol. The molecule has 5 heteroatoms. The van der Waals surface area contributed by atoms with Gasteiger partial charge in [-0.2, -0.15) is 0 Å². The molecule has 0 atom stereocenters. The van der Waals surface area contributed by atoms with Crippen molar-refractivity contribution in [2.24, 2.45) is 0 Å². The first-order valence-electron chi connectivity index (χ1n) is 6.90. The van der Waals surface area contributed by atoms with Crippen LogP contribution in [0.4, 0.5) is 0 Å². The number of nitrogens with one attached hydrogen (secondary N) is 1. The SMILES string of the molecule is CN(CCCNC(=O)c1csc(Br)c1)Cc1ccccc1. The second-order valence-corrected chi connectivity index (χ2v) is 7.26. The van der Waals surface area contributed by atoms with E-state index in [9.17, 15) is 4.79 Å². The first kappa shape index (κ1) is 16.2. The first-order valence-corrected chi connectivity index (χ1v) is 8.57. The minimum absolute atomic E-state index is 0.00247. The highest BCUT2D eigenvalue weighted by Gasteiger charge is 2.07. The van der Waals surface area contributed by atoms with E-state index in [1.165, 1.54) is 16.9 Å². The summed E-state index contributed by atoms with van der Waals surface area (Å²) in [6.45, 7) is 2.60. The van der Waals surface area contributed by atoms with Gasteiger partial charge in [-0.3, -0.25) is 4.79 Å². The summed E-state index contributed by atoms with van der Waals surface area (Å²) in [6.07, 6.45) is 0.945. The molecule has 1 N–H and O–H groups in total. The van der Waals surface area contributed by atoms with E-state index in [1.807, 2.05) is 17.5 Å². The molecule has 0 aliphatic heterocycles. The molecule has 112 valence electrons. The van der Waals surface area contributed by atoms with Crippen LogP contribution in [-0.2, 0) is 6.54 Å². The molecule has 1 aromatic heterocycles. The molecule has 0 unspecified atom stereocenters. The van der Waals surface area contributed by atoms with Gasteiger partial charge in [-0.25, -0.2) is 0 Å². The Morgan fingerprint density at radius 1 is 1.33 bits per heavy atom.